The molecule has 0 aromatic carbocycles. The summed E-state index contributed by atoms with van der Waals surface area (Å²) in [5.41, 5.74) is 0.828. The first-order chi connectivity index (χ1) is 15.8. The van der Waals surface area contributed by atoms with Crippen molar-refractivity contribution in [3.05, 3.63) is 65.0 Å². The number of aromatic amines is 1. The number of carbonyl (C=O) groups is 1. The number of carbonyl (C=O) groups excluding carboxylic acids is 1. The molecule has 12 heteroatoms. The minimum atomic E-state index is -4.53. The molecule has 1 aliphatic carbocycles. The van der Waals surface area contributed by atoms with Crippen LogP contribution in [0.1, 0.15) is 63.9 Å². The van der Waals surface area contributed by atoms with Gasteiger partial charge in [0.1, 0.15) is 6.04 Å². The van der Waals surface area contributed by atoms with Gasteiger partial charge in [-0.3, -0.25) is 4.79 Å². The molecule has 1 atom stereocenters. The summed E-state index contributed by atoms with van der Waals surface area (Å²) in [5, 5.41) is 8.79. The molecule has 1 aliphatic heterocycles. The van der Waals surface area contributed by atoms with Crippen molar-refractivity contribution in [3.8, 4) is 0 Å². The Morgan fingerprint density at radius 3 is 2.82 bits per heavy atom. The van der Waals surface area contributed by atoms with E-state index in [0.717, 1.165) is 24.6 Å². The van der Waals surface area contributed by atoms with Gasteiger partial charge in [0.05, 0.1) is 28.8 Å². The minimum absolute atomic E-state index is 0.0789. The second kappa shape index (κ2) is 6.90. The average Bonchev–Trinajstić information content (AvgIpc) is 3.18. The summed E-state index contributed by atoms with van der Waals surface area (Å²) in [4.78, 5) is 27.1. The number of imidazole rings is 1. The number of aryl methyl sites for hydroxylation is 1. The van der Waals surface area contributed by atoms with Crippen LogP contribution in [0.25, 0.3) is 5.52 Å². The fourth-order valence-corrected chi connectivity index (χ4v) is 4.44. The molecule has 0 radical (unpaired) electrons. The van der Waals surface area contributed by atoms with E-state index in [9.17, 15) is 18.0 Å². The van der Waals surface area contributed by atoms with E-state index in [1.807, 2.05) is 0 Å². The van der Waals surface area contributed by atoms with Gasteiger partial charge in [-0.05, 0) is 31.0 Å². The van der Waals surface area contributed by atoms with Crippen molar-refractivity contribution < 1.29 is 18.0 Å². The SMILES string of the molecule is Cn1nc(C2CC2)nc1C(=O)N1CCc2[nH]cnc2C1c1cc2c(C(F)(F)F)cccn2n1. The van der Waals surface area contributed by atoms with E-state index >= 15 is 0 Å². The van der Waals surface area contributed by atoms with E-state index in [-0.39, 0.29) is 23.2 Å². The van der Waals surface area contributed by atoms with Crippen LogP contribution in [0.15, 0.2) is 30.7 Å². The molecular formula is C21H19F3N8O. The van der Waals surface area contributed by atoms with Crippen molar-refractivity contribution in [3.63, 3.8) is 0 Å². The molecular weight excluding hydrogens is 437 g/mol. The summed E-state index contributed by atoms with van der Waals surface area (Å²) in [5.74, 6) is 0.772. The van der Waals surface area contributed by atoms with Crippen LogP contribution in [0.4, 0.5) is 13.2 Å². The summed E-state index contributed by atoms with van der Waals surface area (Å²) >= 11 is 0. The Morgan fingerprint density at radius 1 is 1.24 bits per heavy atom. The van der Waals surface area contributed by atoms with Crippen LogP contribution in [0.3, 0.4) is 0 Å². The number of halogens is 3. The van der Waals surface area contributed by atoms with Gasteiger partial charge in [-0.1, -0.05) is 0 Å². The number of hydrogen-bond donors (Lipinski definition) is 1. The van der Waals surface area contributed by atoms with Gasteiger partial charge in [0, 0.05) is 37.8 Å². The van der Waals surface area contributed by atoms with E-state index in [1.54, 1.807) is 11.9 Å². The van der Waals surface area contributed by atoms with Crippen molar-refractivity contribution in [2.24, 2.45) is 7.05 Å². The van der Waals surface area contributed by atoms with Gasteiger partial charge in [-0.2, -0.15) is 23.4 Å². The number of alkyl halides is 3. The normalized spacial score (nSPS) is 18.7. The monoisotopic (exact) mass is 456 g/mol. The molecule has 6 rings (SSSR count). The predicted molar refractivity (Wildman–Crippen MR) is 108 cm³/mol. The van der Waals surface area contributed by atoms with Crippen LogP contribution in [0, 0.1) is 0 Å². The number of amides is 1. The van der Waals surface area contributed by atoms with Gasteiger partial charge in [-0.15, -0.1) is 0 Å². The second-order valence-electron chi connectivity index (χ2n) is 8.43. The van der Waals surface area contributed by atoms with Gasteiger partial charge in [-0.25, -0.2) is 19.2 Å². The number of nitrogens with one attached hydrogen (secondary N) is 1. The lowest BCUT2D eigenvalue weighted by molar-refractivity contribution is -0.136. The fraction of sp³-hybridized carbons (Fsp3) is 0.381. The number of H-pyrrole nitrogens is 1. The Morgan fingerprint density at radius 2 is 2.06 bits per heavy atom. The molecule has 0 bridgehead atoms. The van der Waals surface area contributed by atoms with E-state index < -0.39 is 17.8 Å². The standard InChI is InChI=1S/C21H19F3N8O/c1-30-19(27-18(29-30)11-4-5-11)20(33)31-8-6-13-16(26-10-25-13)17(31)14-9-15-12(21(22,23)24)3-2-7-32(15)28-14/h2-3,7,9-11,17H,4-6,8H2,1H3,(H,25,26). The van der Waals surface area contributed by atoms with Crippen LogP contribution >= 0.6 is 0 Å². The summed E-state index contributed by atoms with van der Waals surface area (Å²) < 4.78 is 43.3. The molecule has 1 fully saturated rings. The molecule has 1 unspecified atom stereocenters. The molecule has 4 aromatic rings. The van der Waals surface area contributed by atoms with Crippen LogP contribution < -0.4 is 0 Å². The highest BCUT2D eigenvalue weighted by Crippen LogP contribution is 2.39. The van der Waals surface area contributed by atoms with Crippen LogP contribution in [-0.2, 0) is 19.6 Å². The third-order valence-corrected chi connectivity index (χ3v) is 6.21. The summed E-state index contributed by atoms with van der Waals surface area (Å²) in [6.45, 7) is 0.338. The van der Waals surface area contributed by atoms with E-state index in [2.05, 4.69) is 25.1 Å². The first-order valence-electron chi connectivity index (χ1n) is 10.6. The Kier molecular flexibility index (Phi) is 4.17. The van der Waals surface area contributed by atoms with Gasteiger partial charge >= 0.3 is 6.18 Å². The number of pyridine rings is 1. The molecule has 4 aromatic heterocycles. The first-order valence-corrected chi connectivity index (χ1v) is 10.6. The molecule has 9 nitrogen and oxygen atoms in total. The largest absolute Gasteiger partial charge is 0.418 e. The lowest BCUT2D eigenvalue weighted by atomic mass is 9.99. The maximum Gasteiger partial charge on any atom is 0.418 e. The molecule has 5 heterocycles. The maximum atomic E-state index is 13.6. The third-order valence-electron chi connectivity index (χ3n) is 6.21. The lowest BCUT2D eigenvalue weighted by Crippen LogP contribution is -2.42. The molecule has 1 saturated carbocycles. The molecule has 0 spiro atoms. The smallest absolute Gasteiger partial charge is 0.348 e. The van der Waals surface area contributed by atoms with Crippen molar-refractivity contribution >= 4 is 11.4 Å². The van der Waals surface area contributed by atoms with Gasteiger partial charge < -0.3 is 9.88 Å². The highest BCUT2D eigenvalue weighted by Gasteiger charge is 2.40. The molecule has 170 valence electrons. The number of rotatable bonds is 3. The zero-order valence-corrected chi connectivity index (χ0v) is 17.5. The maximum absolute atomic E-state index is 13.6. The lowest BCUT2D eigenvalue weighted by Gasteiger charge is -2.33. The number of nitrogens with zero attached hydrogens (tertiary/aromatic N) is 7. The Bertz CT molecular complexity index is 1380. The molecule has 33 heavy (non-hydrogen) atoms. The van der Waals surface area contributed by atoms with E-state index in [4.69, 9.17) is 0 Å². The molecule has 2 aliphatic rings. The fourth-order valence-electron chi connectivity index (χ4n) is 4.44. The van der Waals surface area contributed by atoms with Crippen molar-refractivity contribution in [1.29, 1.82) is 0 Å². The minimum Gasteiger partial charge on any atom is -0.348 e. The van der Waals surface area contributed by atoms with E-state index in [0.29, 0.717) is 30.2 Å². The average molecular weight is 456 g/mol. The van der Waals surface area contributed by atoms with Gasteiger partial charge in [0.15, 0.2) is 5.82 Å². The van der Waals surface area contributed by atoms with Gasteiger partial charge in [0.2, 0.25) is 5.82 Å². The Labute approximate surface area is 185 Å². The van der Waals surface area contributed by atoms with Crippen molar-refractivity contribution in [2.75, 3.05) is 6.54 Å². The highest BCUT2D eigenvalue weighted by atomic mass is 19.4. The number of fused-ring (bicyclic) bond motifs is 2. The van der Waals surface area contributed by atoms with Crippen LogP contribution in [0.5, 0.6) is 0 Å². The van der Waals surface area contributed by atoms with Gasteiger partial charge in [0.25, 0.3) is 5.91 Å². The first kappa shape index (κ1) is 19.9. The zero-order chi connectivity index (χ0) is 22.9. The van der Waals surface area contributed by atoms with Crippen molar-refractivity contribution in [2.45, 2.75) is 37.4 Å². The summed E-state index contributed by atoms with van der Waals surface area (Å²) in [7, 11) is 1.67. The predicted octanol–water partition coefficient (Wildman–Crippen LogP) is 2.87. The highest BCUT2D eigenvalue weighted by molar-refractivity contribution is 5.91. The second-order valence-corrected chi connectivity index (χ2v) is 8.43. The quantitative estimate of drug-likeness (QED) is 0.511. The topological polar surface area (TPSA) is 97.0 Å². The van der Waals surface area contributed by atoms with Crippen LogP contribution in [-0.4, -0.2) is 51.7 Å². The summed E-state index contributed by atoms with van der Waals surface area (Å²) in [6.07, 6.45) is 0.991. The Balaban J connectivity index is 1.46. The molecule has 1 N–H and O–H groups in total. The van der Waals surface area contributed by atoms with Crippen LogP contribution in [0.2, 0.25) is 0 Å². The van der Waals surface area contributed by atoms with E-state index in [1.165, 1.54) is 33.9 Å². The Hall–Kier alpha value is -3.70. The number of aromatic nitrogens is 7. The molecule has 1 amide bonds. The number of hydrogen-bond acceptors (Lipinski definition) is 5. The third kappa shape index (κ3) is 3.19. The molecule has 0 saturated heterocycles. The zero-order valence-electron chi connectivity index (χ0n) is 17.5. The van der Waals surface area contributed by atoms with Crippen molar-refractivity contribution in [1.82, 2.24) is 39.2 Å². The summed E-state index contributed by atoms with van der Waals surface area (Å²) in [6, 6.07) is 2.94.